The summed E-state index contributed by atoms with van der Waals surface area (Å²) in [7, 11) is 0. The third-order valence-electron chi connectivity index (χ3n) is 5.19. The number of carbonyl (C=O) groups is 1. The van der Waals surface area contributed by atoms with Crippen LogP contribution in [-0.2, 0) is 0 Å². The molecule has 3 aromatic heterocycles. The van der Waals surface area contributed by atoms with Crippen molar-refractivity contribution in [2.24, 2.45) is 5.73 Å². The molecule has 1 amide bonds. The van der Waals surface area contributed by atoms with Gasteiger partial charge in [0.25, 0.3) is 11.5 Å². The molecule has 1 unspecified atom stereocenters. The summed E-state index contributed by atoms with van der Waals surface area (Å²) in [5, 5.41) is 2.86. The second-order valence-electron chi connectivity index (χ2n) is 7.39. The number of rotatable bonds is 4. The lowest BCUT2D eigenvalue weighted by Gasteiger charge is -2.32. The van der Waals surface area contributed by atoms with Gasteiger partial charge in [-0.05, 0) is 44.0 Å². The Morgan fingerprint density at radius 3 is 2.93 bits per heavy atom. The summed E-state index contributed by atoms with van der Waals surface area (Å²) in [6.07, 6.45) is 5.57. The summed E-state index contributed by atoms with van der Waals surface area (Å²) in [4.78, 5) is 35.8. The molecule has 4 rings (SSSR count). The fraction of sp³-hybridized carbons (Fsp3) is 0.333. The lowest BCUT2D eigenvalue weighted by atomic mass is 10.1. The summed E-state index contributed by atoms with van der Waals surface area (Å²) in [6.45, 7) is 3.66. The molecule has 1 fully saturated rings. The van der Waals surface area contributed by atoms with Crippen molar-refractivity contribution in [1.82, 2.24) is 19.7 Å². The van der Waals surface area contributed by atoms with Crippen molar-refractivity contribution in [3.05, 3.63) is 70.5 Å². The molecule has 1 saturated heterocycles. The molecule has 3 aromatic rings. The van der Waals surface area contributed by atoms with E-state index in [2.05, 4.69) is 20.2 Å². The molecule has 8 heteroatoms. The molecule has 1 aliphatic heterocycles. The van der Waals surface area contributed by atoms with Gasteiger partial charge in [0.05, 0.1) is 23.6 Å². The van der Waals surface area contributed by atoms with E-state index >= 15 is 0 Å². The largest absolute Gasteiger partial charge is 0.369 e. The molecule has 8 nitrogen and oxygen atoms in total. The topological polar surface area (TPSA) is 106 Å². The van der Waals surface area contributed by atoms with E-state index in [1.807, 2.05) is 25.3 Å². The van der Waals surface area contributed by atoms with Crippen LogP contribution in [0.2, 0.25) is 0 Å². The van der Waals surface area contributed by atoms with Crippen LogP contribution in [0.5, 0.6) is 0 Å². The molecule has 0 aliphatic carbocycles. The summed E-state index contributed by atoms with van der Waals surface area (Å²) in [6, 6.07) is 10.2. The summed E-state index contributed by atoms with van der Waals surface area (Å²) in [5.41, 5.74) is 8.05. The van der Waals surface area contributed by atoms with E-state index in [-0.39, 0.29) is 23.3 Å². The first-order chi connectivity index (χ1) is 14.0. The first-order valence-electron chi connectivity index (χ1n) is 9.77. The number of aromatic nitrogens is 3. The van der Waals surface area contributed by atoms with Crippen molar-refractivity contribution in [3.8, 4) is 0 Å². The van der Waals surface area contributed by atoms with Crippen molar-refractivity contribution in [2.75, 3.05) is 18.0 Å². The van der Waals surface area contributed by atoms with Gasteiger partial charge in [0, 0.05) is 31.4 Å². The molecular formula is C21H24N6O2. The number of carbonyl (C=O) groups excluding carboxylic acids is 1. The number of amides is 1. The molecule has 4 heterocycles. The Morgan fingerprint density at radius 1 is 1.31 bits per heavy atom. The van der Waals surface area contributed by atoms with E-state index in [0.29, 0.717) is 5.65 Å². The monoisotopic (exact) mass is 392 g/mol. The molecule has 2 atom stereocenters. The maximum atomic E-state index is 12.6. The lowest BCUT2D eigenvalue weighted by molar-refractivity contribution is 0.0934. The number of fused-ring (bicyclic) bond motifs is 1. The van der Waals surface area contributed by atoms with Crippen molar-refractivity contribution in [1.29, 1.82) is 0 Å². The maximum Gasteiger partial charge on any atom is 0.270 e. The number of hydrogen-bond acceptors (Lipinski definition) is 6. The van der Waals surface area contributed by atoms with Crippen LogP contribution >= 0.6 is 0 Å². The smallest absolute Gasteiger partial charge is 0.270 e. The number of pyridine rings is 2. The van der Waals surface area contributed by atoms with Crippen LogP contribution in [0.4, 0.5) is 5.69 Å². The Hall–Kier alpha value is -3.26. The van der Waals surface area contributed by atoms with Crippen LogP contribution in [0, 0.1) is 0 Å². The summed E-state index contributed by atoms with van der Waals surface area (Å²) >= 11 is 0. The van der Waals surface area contributed by atoms with E-state index in [9.17, 15) is 9.59 Å². The molecule has 0 bridgehead atoms. The van der Waals surface area contributed by atoms with Crippen LogP contribution in [0.25, 0.3) is 5.65 Å². The normalized spacial score (nSPS) is 17.9. The van der Waals surface area contributed by atoms with Crippen molar-refractivity contribution in [3.63, 3.8) is 0 Å². The predicted octanol–water partition coefficient (Wildman–Crippen LogP) is 1.51. The molecule has 150 valence electrons. The first kappa shape index (κ1) is 19.1. The third-order valence-corrected chi connectivity index (χ3v) is 5.19. The molecule has 3 N–H and O–H groups in total. The average Bonchev–Trinajstić information content (AvgIpc) is 2.74. The first-order valence-corrected chi connectivity index (χ1v) is 9.77. The van der Waals surface area contributed by atoms with Crippen LogP contribution in [0.15, 0.2) is 53.6 Å². The van der Waals surface area contributed by atoms with Gasteiger partial charge in [-0.1, -0.05) is 6.07 Å². The Labute approximate surface area is 168 Å². The number of nitrogens with zero attached hydrogens (tertiary/aromatic N) is 4. The Balaban J connectivity index is 1.47. The van der Waals surface area contributed by atoms with Crippen LogP contribution in [0.1, 0.15) is 42.0 Å². The third kappa shape index (κ3) is 4.12. The van der Waals surface area contributed by atoms with Crippen molar-refractivity contribution < 1.29 is 4.79 Å². The average molecular weight is 392 g/mol. The van der Waals surface area contributed by atoms with Gasteiger partial charge >= 0.3 is 0 Å². The highest BCUT2D eigenvalue weighted by atomic mass is 16.2. The number of hydrogen-bond donors (Lipinski definition) is 2. The molecule has 0 aromatic carbocycles. The fourth-order valence-electron chi connectivity index (χ4n) is 3.60. The van der Waals surface area contributed by atoms with Gasteiger partial charge < -0.3 is 16.0 Å². The van der Waals surface area contributed by atoms with Gasteiger partial charge in [0.15, 0.2) is 0 Å². The van der Waals surface area contributed by atoms with Gasteiger partial charge in [-0.25, -0.2) is 4.98 Å². The lowest BCUT2D eigenvalue weighted by Crippen LogP contribution is -2.42. The highest BCUT2D eigenvalue weighted by Crippen LogP contribution is 2.20. The van der Waals surface area contributed by atoms with Gasteiger partial charge in [-0.15, -0.1) is 0 Å². The maximum absolute atomic E-state index is 12.6. The zero-order valence-corrected chi connectivity index (χ0v) is 16.3. The van der Waals surface area contributed by atoms with Crippen LogP contribution < -0.4 is 21.5 Å². The number of nitrogens with two attached hydrogens (primary N) is 1. The minimum Gasteiger partial charge on any atom is -0.369 e. The van der Waals surface area contributed by atoms with Gasteiger partial charge in [0.1, 0.15) is 11.3 Å². The second kappa shape index (κ2) is 8.00. The molecule has 1 aliphatic rings. The second-order valence-corrected chi connectivity index (χ2v) is 7.39. The predicted molar refractivity (Wildman–Crippen MR) is 111 cm³/mol. The minimum absolute atomic E-state index is 0.0898. The zero-order chi connectivity index (χ0) is 20.4. The van der Waals surface area contributed by atoms with Crippen LogP contribution in [-0.4, -0.2) is 39.4 Å². The van der Waals surface area contributed by atoms with E-state index < -0.39 is 5.91 Å². The van der Waals surface area contributed by atoms with Gasteiger partial charge in [-0.3, -0.25) is 19.0 Å². The number of anilines is 1. The van der Waals surface area contributed by atoms with Crippen molar-refractivity contribution in [2.45, 2.75) is 31.8 Å². The van der Waals surface area contributed by atoms with E-state index in [1.54, 1.807) is 24.4 Å². The SMILES string of the molecule is CC(NC(=O)c1cc(=O)n2ccccc2n1)c1ccc(N2CCC[C@@H](N)C2)cn1. The Bertz CT molecular complexity index is 1080. The Morgan fingerprint density at radius 2 is 2.17 bits per heavy atom. The number of piperidine rings is 1. The molecule has 0 radical (unpaired) electrons. The fourth-order valence-corrected chi connectivity index (χ4v) is 3.60. The Kier molecular flexibility index (Phi) is 5.26. The molecule has 0 saturated carbocycles. The number of nitrogens with one attached hydrogen (secondary N) is 1. The van der Waals surface area contributed by atoms with E-state index in [4.69, 9.17) is 5.73 Å². The quantitative estimate of drug-likeness (QED) is 0.697. The molecule has 0 spiro atoms. The van der Waals surface area contributed by atoms with Crippen molar-refractivity contribution >= 4 is 17.2 Å². The zero-order valence-electron chi connectivity index (χ0n) is 16.3. The summed E-state index contributed by atoms with van der Waals surface area (Å²) in [5.74, 6) is -0.408. The minimum atomic E-state index is -0.408. The molecular weight excluding hydrogens is 368 g/mol. The van der Waals surface area contributed by atoms with E-state index in [1.165, 1.54) is 10.5 Å². The molecule has 29 heavy (non-hydrogen) atoms. The standard InChI is InChI=1S/C21H24N6O2/c1-14(17-8-7-16(12-23-17)26-9-4-5-15(22)13-26)24-21(29)18-11-20(28)27-10-3-2-6-19(27)25-18/h2-3,6-8,10-12,14-15H,4-5,9,13,22H2,1H3,(H,24,29)/t14?,15-/m1/s1. The van der Waals surface area contributed by atoms with Gasteiger partial charge in [-0.2, -0.15) is 0 Å². The van der Waals surface area contributed by atoms with E-state index in [0.717, 1.165) is 37.3 Å². The van der Waals surface area contributed by atoms with Crippen LogP contribution in [0.3, 0.4) is 0 Å². The summed E-state index contributed by atoms with van der Waals surface area (Å²) < 4.78 is 1.40. The highest BCUT2D eigenvalue weighted by Gasteiger charge is 2.19. The highest BCUT2D eigenvalue weighted by molar-refractivity contribution is 5.92. The van der Waals surface area contributed by atoms with Gasteiger partial charge in [0.2, 0.25) is 0 Å².